The van der Waals surface area contributed by atoms with Gasteiger partial charge in [0.2, 0.25) is 0 Å². The molecule has 0 spiro atoms. The SMILES string of the molecule is C=C[C@@H]1[C@H](O)[C@@H]([C@@](C)(O)C(F)(F)F)O[C@@H]2SC(=NCC)N[C@H]12. The fourth-order valence-electron chi connectivity index (χ4n) is 2.60. The lowest BCUT2D eigenvalue weighted by molar-refractivity contribution is -0.313. The van der Waals surface area contributed by atoms with Gasteiger partial charge in [0.05, 0.1) is 12.1 Å². The number of halogens is 3. The van der Waals surface area contributed by atoms with Crippen LogP contribution in [0.15, 0.2) is 17.6 Å². The van der Waals surface area contributed by atoms with Gasteiger partial charge in [-0.05, 0) is 13.8 Å². The Kier molecular flexibility index (Phi) is 4.82. The van der Waals surface area contributed by atoms with Gasteiger partial charge in [-0.15, -0.1) is 6.58 Å². The molecule has 22 heavy (non-hydrogen) atoms. The topological polar surface area (TPSA) is 74.1 Å². The Morgan fingerprint density at radius 2 is 2.14 bits per heavy atom. The van der Waals surface area contributed by atoms with Crippen molar-refractivity contribution in [2.75, 3.05) is 6.54 Å². The molecule has 2 aliphatic rings. The van der Waals surface area contributed by atoms with E-state index in [4.69, 9.17) is 4.74 Å². The summed E-state index contributed by atoms with van der Waals surface area (Å²) in [5.74, 6) is -0.699. The predicted octanol–water partition coefficient (Wildman–Crippen LogP) is 1.27. The summed E-state index contributed by atoms with van der Waals surface area (Å²) in [7, 11) is 0. The van der Waals surface area contributed by atoms with E-state index in [-0.39, 0.29) is 0 Å². The van der Waals surface area contributed by atoms with Crippen molar-refractivity contribution in [2.24, 2.45) is 10.9 Å². The van der Waals surface area contributed by atoms with Crippen molar-refractivity contribution >= 4 is 16.9 Å². The van der Waals surface area contributed by atoms with Crippen molar-refractivity contribution in [3.05, 3.63) is 12.7 Å². The number of aliphatic hydroxyl groups is 2. The van der Waals surface area contributed by atoms with E-state index in [0.29, 0.717) is 18.6 Å². The number of aliphatic imine (C=N–C) groups is 1. The molecule has 0 aromatic rings. The molecule has 0 aromatic carbocycles. The Balaban J connectivity index is 2.30. The van der Waals surface area contributed by atoms with Crippen molar-refractivity contribution in [3.63, 3.8) is 0 Å². The van der Waals surface area contributed by atoms with Gasteiger partial charge in [-0.1, -0.05) is 17.8 Å². The quantitative estimate of drug-likeness (QED) is 0.675. The van der Waals surface area contributed by atoms with E-state index in [1.54, 1.807) is 0 Å². The zero-order chi connectivity index (χ0) is 16.7. The molecular weight excluding hydrogens is 321 g/mol. The van der Waals surface area contributed by atoms with Gasteiger partial charge in [0, 0.05) is 12.5 Å². The fraction of sp³-hybridized carbons (Fsp3) is 0.769. The minimum Gasteiger partial charge on any atom is -0.390 e. The second kappa shape index (κ2) is 6.03. The summed E-state index contributed by atoms with van der Waals surface area (Å²) in [6, 6.07) is -0.442. The summed E-state index contributed by atoms with van der Waals surface area (Å²) in [5.41, 5.74) is -3.85. The third kappa shape index (κ3) is 2.86. The highest BCUT2D eigenvalue weighted by atomic mass is 32.2. The highest BCUT2D eigenvalue weighted by Gasteiger charge is 2.62. The first-order chi connectivity index (χ1) is 10.1. The smallest absolute Gasteiger partial charge is 0.390 e. The molecule has 0 aliphatic carbocycles. The van der Waals surface area contributed by atoms with Gasteiger partial charge >= 0.3 is 6.18 Å². The van der Waals surface area contributed by atoms with E-state index >= 15 is 0 Å². The van der Waals surface area contributed by atoms with Crippen molar-refractivity contribution in [3.8, 4) is 0 Å². The maximum Gasteiger partial charge on any atom is 0.419 e. The van der Waals surface area contributed by atoms with Crippen LogP contribution < -0.4 is 5.32 Å². The van der Waals surface area contributed by atoms with Crippen LogP contribution in [0.2, 0.25) is 0 Å². The zero-order valence-electron chi connectivity index (χ0n) is 12.2. The van der Waals surface area contributed by atoms with Crippen LogP contribution in [-0.4, -0.2) is 57.4 Å². The van der Waals surface area contributed by atoms with Gasteiger partial charge in [-0.2, -0.15) is 13.2 Å². The van der Waals surface area contributed by atoms with E-state index in [2.05, 4.69) is 16.9 Å². The van der Waals surface area contributed by atoms with Gasteiger partial charge in [-0.25, -0.2) is 0 Å². The van der Waals surface area contributed by atoms with Crippen LogP contribution in [0.1, 0.15) is 13.8 Å². The van der Waals surface area contributed by atoms with Gasteiger partial charge in [-0.3, -0.25) is 4.99 Å². The van der Waals surface area contributed by atoms with Crippen LogP contribution in [-0.2, 0) is 4.74 Å². The molecule has 2 rings (SSSR count). The van der Waals surface area contributed by atoms with Crippen LogP contribution in [0, 0.1) is 5.92 Å². The third-order valence-corrected chi connectivity index (χ3v) is 5.02. The molecule has 2 heterocycles. The standard InChI is InChI=1S/C13H19F3N2O3S/c1-4-6-7-10(22-11(18-7)17-5-2)21-9(8(6)19)12(3,20)13(14,15)16/h4,6-10,19-20H,1,5H2,2-3H3,(H,17,18)/t6-,7+,8-,9-,10+,12+/m0/s1. The molecule has 9 heteroatoms. The second-order valence-corrected chi connectivity index (χ2v) is 6.53. The molecule has 6 atom stereocenters. The Bertz CT molecular complexity index is 470. The minimum atomic E-state index is -4.92. The summed E-state index contributed by atoms with van der Waals surface area (Å²) in [6.07, 6.45) is -6.88. The number of thioether (sulfide) groups is 1. The molecule has 0 aromatic heterocycles. The highest BCUT2D eigenvalue weighted by Crippen LogP contribution is 2.44. The zero-order valence-corrected chi connectivity index (χ0v) is 13.0. The summed E-state index contributed by atoms with van der Waals surface area (Å²) >= 11 is 1.15. The van der Waals surface area contributed by atoms with Gasteiger partial charge < -0.3 is 20.3 Å². The number of alkyl halides is 3. The minimum absolute atomic E-state index is 0.442. The second-order valence-electron chi connectivity index (χ2n) is 5.44. The summed E-state index contributed by atoms with van der Waals surface area (Å²) in [6.45, 7) is 6.53. The molecule has 3 N–H and O–H groups in total. The molecule has 0 radical (unpaired) electrons. The van der Waals surface area contributed by atoms with Crippen molar-refractivity contribution in [1.82, 2.24) is 5.32 Å². The van der Waals surface area contributed by atoms with E-state index < -0.39 is 41.4 Å². The third-order valence-electron chi connectivity index (χ3n) is 3.91. The fourth-order valence-corrected chi connectivity index (χ4v) is 3.80. The largest absolute Gasteiger partial charge is 0.419 e. The van der Waals surface area contributed by atoms with Gasteiger partial charge in [0.1, 0.15) is 11.5 Å². The number of nitrogens with zero attached hydrogens (tertiary/aromatic N) is 1. The highest BCUT2D eigenvalue weighted by molar-refractivity contribution is 8.14. The average molecular weight is 340 g/mol. The normalized spacial score (nSPS) is 40.0. The number of hydrogen-bond acceptors (Lipinski definition) is 5. The summed E-state index contributed by atoms with van der Waals surface area (Å²) in [4.78, 5) is 4.17. The number of ether oxygens (including phenoxy) is 1. The lowest BCUT2D eigenvalue weighted by Crippen LogP contribution is -2.65. The number of aliphatic hydroxyl groups excluding tert-OH is 1. The van der Waals surface area contributed by atoms with Crippen LogP contribution in [0.25, 0.3) is 0 Å². The van der Waals surface area contributed by atoms with Crippen molar-refractivity contribution in [1.29, 1.82) is 0 Å². The van der Waals surface area contributed by atoms with E-state index in [1.165, 1.54) is 6.08 Å². The van der Waals surface area contributed by atoms with Crippen LogP contribution in [0.5, 0.6) is 0 Å². The molecule has 0 unspecified atom stereocenters. The first-order valence-corrected chi connectivity index (χ1v) is 7.74. The maximum absolute atomic E-state index is 13.1. The number of rotatable bonds is 3. The maximum atomic E-state index is 13.1. The Labute approximate surface area is 130 Å². The van der Waals surface area contributed by atoms with Crippen molar-refractivity contribution in [2.45, 2.75) is 49.3 Å². The van der Waals surface area contributed by atoms with Gasteiger partial charge in [0.15, 0.2) is 10.8 Å². The molecule has 2 saturated heterocycles. The lowest BCUT2D eigenvalue weighted by atomic mass is 9.81. The lowest BCUT2D eigenvalue weighted by Gasteiger charge is -2.46. The monoisotopic (exact) mass is 340 g/mol. The van der Waals surface area contributed by atoms with Gasteiger partial charge in [0.25, 0.3) is 0 Å². The molecule has 5 nitrogen and oxygen atoms in total. The number of fused-ring (bicyclic) bond motifs is 1. The molecule has 0 amide bonds. The molecular formula is C13H19F3N2O3S. The van der Waals surface area contributed by atoms with E-state index in [1.807, 2.05) is 6.92 Å². The molecule has 2 fully saturated rings. The first-order valence-electron chi connectivity index (χ1n) is 6.86. The predicted molar refractivity (Wildman–Crippen MR) is 77.5 cm³/mol. The van der Waals surface area contributed by atoms with E-state index in [9.17, 15) is 23.4 Å². The molecule has 126 valence electrons. The Morgan fingerprint density at radius 3 is 2.64 bits per heavy atom. The molecule has 0 bridgehead atoms. The number of amidine groups is 1. The Morgan fingerprint density at radius 1 is 1.50 bits per heavy atom. The van der Waals surface area contributed by atoms with Crippen molar-refractivity contribution < 1.29 is 28.1 Å². The van der Waals surface area contributed by atoms with Crippen LogP contribution >= 0.6 is 11.8 Å². The summed E-state index contributed by atoms with van der Waals surface area (Å²) in [5, 5.41) is 23.7. The first kappa shape index (κ1) is 17.6. The summed E-state index contributed by atoms with van der Waals surface area (Å²) < 4.78 is 44.5. The average Bonchev–Trinajstić information content (AvgIpc) is 2.79. The van der Waals surface area contributed by atoms with E-state index in [0.717, 1.165) is 11.8 Å². The number of nitrogens with one attached hydrogen (secondary N) is 1. The molecule has 0 saturated carbocycles. The van der Waals surface area contributed by atoms with Crippen LogP contribution in [0.3, 0.4) is 0 Å². The molecule has 2 aliphatic heterocycles. The number of hydrogen-bond donors (Lipinski definition) is 3. The Hall–Kier alpha value is -0.770. The van der Waals surface area contributed by atoms with Crippen LogP contribution in [0.4, 0.5) is 13.2 Å².